The Labute approximate surface area is 649 Å². The summed E-state index contributed by atoms with van der Waals surface area (Å²) in [6.45, 7) is 18.9. The first-order valence-electron chi connectivity index (χ1n) is 29.1. The molecule has 91 heavy (non-hydrogen) atoms. The average Bonchev–Trinajstić information content (AvgIpc) is 0.869. The van der Waals surface area contributed by atoms with Crippen LogP contribution in [0.4, 0.5) is 22.7 Å². The van der Waals surface area contributed by atoms with E-state index in [2.05, 4.69) is 118 Å². The topological polar surface area (TPSA) is 288 Å². The summed E-state index contributed by atoms with van der Waals surface area (Å²) in [6, 6.07) is 25.6. The number of rotatable bonds is 12. The molecule has 4 atom stereocenters. The van der Waals surface area contributed by atoms with E-state index in [9.17, 15) is 19.2 Å². The van der Waals surface area contributed by atoms with E-state index >= 15 is 0 Å². The van der Waals surface area contributed by atoms with Crippen LogP contribution in [-0.2, 0) is 47.8 Å². The first-order chi connectivity index (χ1) is 42.9. The van der Waals surface area contributed by atoms with Gasteiger partial charge in [-0.3, -0.25) is 24.0 Å². The molecule has 7 heterocycles. The summed E-state index contributed by atoms with van der Waals surface area (Å²) < 4.78 is 21.1. The zero-order chi connectivity index (χ0) is 64.2. The third-order valence-corrected chi connectivity index (χ3v) is 16.0. The Balaban J connectivity index is 0.000000302. The molecular formula is C61H77Br2Cl3K2N12O11. The number of nitrogen functional groups attached to an aromatic ring is 1. The van der Waals surface area contributed by atoms with Gasteiger partial charge in [-0.25, -0.2) is 21.7 Å². The first-order valence-corrected chi connectivity index (χ1v) is 32.4. The number of hydrazone groups is 4. The number of amides is 4. The molecule has 4 aromatic rings. The van der Waals surface area contributed by atoms with Crippen LogP contribution >= 0.6 is 66.7 Å². The third-order valence-electron chi connectivity index (χ3n) is 14.5. The van der Waals surface area contributed by atoms with E-state index in [1.165, 1.54) is 5.69 Å². The minimum atomic E-state index is -0.181. The maximum atomic E-state index is 11.4. The van der Waals surface area contributed by atoms with Crippen LogP contribution < -0.4 is 150 Å². The molecule has 7 aliphatic heterocycles. The summed E-state index contributed by atoms with van der Waals surface area (Å²) in [4.78, 5) is 62.9. The number of alkyl halides is 2. The van der Waals surface area contributed by atoms with Crippen LogP contribution in [0.2, 0.25) is 15.1 Å². The number of morpholine rings is 3. The quantitative estimate of drug-likeness (QED) is 0.0256. The molecule has 6 N–H and O–H groups in total. The van der Waals surface area contributed by atoms with Gasteiger partial charge in [0.1, 0.15) is 0 Å². The van der Waals surface area contributed by atoms with Crippen LogP contribution in [-0.4, -0.2) is 156 Å². The summed E-state index contributed by atoms with van der Waals surface area (Å²) in [6.07, 6.45) is 1.87. The molecule has 3 saturated heterocycles. The van der Waals surface area contributed by atoms with Crippen molar-refractivity contribution >= 4 is 142 Å². The molecule has 484 valence electrons. The number of hydrogen-bond acceptors (Lipinski definition) is 19. The largest absolute Gasteiger partial charge is 1.00 e. The molecule has 0 bridgehead atoms. The molecule has 0 aliphatic carbocycles. The van der Waals surface area contributed by atoms with E-state index < -0.39 is 0 Å². The summed E-state index contributed by atoms with van der Waals surface area (Å²) in [5.74, 6) is 0.313. The standard InChI is InChI=1S/C15H17Cl2N3O2.C15H18ClN3O2.C15H19N3O2.C11H13N3O.C4H8Br2O.CH2O3.2K.H/c1-9-6-13(21)18-19-14(9)10-7-11(16)15(12(17)8-10)20-2-4-22-5-3-20;1-10-8-14(20)17-18-15(10)11-2-3-13(12(16)9-11)19-4-6-21-7-5-19;1-11-10-14(19)16-17-15(11)12-2-4-13(5-3-12)18-6-8-20-9-7-18;1-7-6-10(15)13-14-11(7)8-2-4-9(12)5-3-8;5-1-3-7-4-2-6;2-1-4-3;;;/h7-9H,2-6H2,1H3,(H,18,21);2-3,9-10H,4-8H2,1H3,(H,17,20);2-5,11H,6-10H2,1H3,(H,16,19);2-5,7H,6,12H2,1H3,(H,13,15);1-4H2;1,3H;;;/q;;;;;;2*+1;-1/p-1/t9-;10-;11-;7-;;;;;/m1111...../s1. The molecule has 0 radical (unpaired) electrons. The van der Waals surface area contributed by atoms with Gasteiger partial charge in [-0.15, -0.1) is 0 Å². The van der Waals surface area contributed by atoms with Crippen molar-refractivity contribution in [2.24, 2.45) is 44.1 Å². The van der Waals surface area contributed by atoms with E-state index in [0.29, 0.717) is 54.0 Å². The van der Waals surface area contributed by atoms with E-state index in [0.717, 1.165) is 152 Å². The van der Waals surface area contributed by atoms with Crippen LogP contribution in [0.15, 0.2) is 99.3 Å². The molecule has 30 heteroatoms. The van der Waals surface area contributed by atoms with Gasteiger partial charge < -0.3 is 51.0 Å². The Kier molecular flexibility index (Phi) is 38.2. The van der Waals surface area contributed by atoms with Gasteiger partial charge in [0.2, 0.25) is 23.6 Å². The number of carbonyl (C=O) groups is 5. The van der Waals surface area contributed by atoms with Crippen molar-refractivity contribution in [1.29, 1.82) is 0 Å². The number of ether oxygens (including phenoxy) is 4. The third kappa shape index (κ3) is 26.2. The SMILES string of the molecule is BrCCOCCBr.C[C@@H]1CC(=O)NN=C1c1cc(Cl)c(N2CCOCC2)c(Cl)c1.C[C@@H]1CC(=O)NN=C1c1ccc(N)cc1.C[C@@H]1CC(=O)NN=C1c1ccc(N2CCOCC2)c(Cl)c1.C[C@@H]1CC(=O)NN=C1c1ccc(N2CCOCC2)cc1.O=CO[O-].[H-].[K+].[K+]. The van der Waals surface area contributed by atoms with Gasteiger partial charge >= 0.3 is 103 Å². The second kappa shape index (κ2) is 43.2. The zero-order valence-electron chi connectivity index (χ0n) is 53.1. The van der Waals surface area contributed by atoms with Gasteiger partial charge in [0.05, 0.1) is 102 Å². The van der Waals surface area contributed by atoms with E-state index in [1.807, 2.05) is 82.3 Å². The number of halogens is 5. The Hall–Kier alpha value is -2.99. The zero-order valence-corrected chi connectivity index (χ0v) is 63.8. The van der Waals surface area contributed by atoms with E-state index in [1.54, 1.807) is 0 Å². The van der Waals surface area contributed by atoms with Gasteiger partial charge in [0.25, 0.3) is 6.47 Å². The van der Waals surface area contributed by atoms with E-state index in [-0.39, 0.29) is 158 Å². The van der Waals surface area contributed by atoms with Crippen molar-refractivity contribution < 1.29 is 157 Å². The van der Waals surface area contributed by atoms with Crippen LogP contribution in [0, 0.1) is 23.7 Å². The van der Waals surface area contributed by atoms with Crippen molar-refractivity contribution in [1.82, 2.24) is 21.7 Å². The average molecular weight is 1500 g/mol. The predicted octanol–water partition coefficient (Wildman–Crippen LogP) is 1.59. The van der Waals surface area contributed by atoms with Gasteiger partial charge in [0, 0.05) is 116 Å². The summed E-state index contributed by atoms with van der Waals surface area (Å²) in [5.41, 5.74) is 27.0. The Morgan fingerprint density at radius 1 is 0.538 bits per heavy atom. The molecule has 0 saturated carbocycles. The van der Waals surface area contributed by atoms with Gasteiger partial charge in [0.15, 0.2) is 0 Å². The van der Waals surface area contributed by atoms with Gasteiger partial charge in [-0.1, -0.05) is 125 Å². The first kappa shape index (κ1) is 80.4. The second-order valence-corrected chi connectivity index (χ2v) is 24.0. The van der Waals surface area contributed by atoms with Crippen molar-refractivity contribution in [3.05, 3.63) is 116 Å². The van der Waals surface area contributed by atoms with Gasteiger partial charge in [-0.2, -0.15) is 20.4 Å². The summed E-state index contributed by atoms with van der Waals surface area (Å²) >= 11 is 25.8. The number of anilines is 4. The number of nitrogens with two attached hydrogens (primary N) is 1. The maximum Gasteiger partial charge on any atom is 1.00 e. The second-order valence-electron chi connectivity index (χ2n) is 21.2. The molecule has 11 rings (SSSR count). The van der Waals surface area contributed by atoms with Crippen molar-refractivity contribution in [2.45, 2.75) is 53.4 Å². The number of nitrogens with one attached hydrogen (secondary N) is 4. The fourth-order valence-corrected chi connectivity index (χ4v) is 11.6. The summed E-state index contributed by atoms with van der Waals surface area (Å²) in [5, 5.41) is 28.8. The molecule has 3 fully saturated rings. The fraction of sp³-hybridized carbons (Fsp3) is 0.459. The van der Waals surface area contributed by atoms with Crippen LogP contribution in [0.5, 0.6) is 0 Å². The van der Waals surface area contributed by atoms with Gasteiger partial charge in [-0.05, 0) is 65.2 Å². The maximum absolute atomic E-state index is 11.4. The Bertz CT molecular complexity index is 3110. The van der Waals surface area contributed by atoms with Crippen molar-refractivity contribution in [2.75, 3.05) is 123 Å². The molecule has 23 nitrogen and oxygen atoms in total. The monoisotopic (exact) mass is 1490 g/mol. The molecule has 0 spiro atoms. The molecule has 4 aromatic carbocycles. The smallest absolute Gasteiger partial charge is 1.00 e. The predicted molar refractivity (Wildman–Crippen MR) is 355 cm³/mol. The minimum absolute atomic E-state index is 0. The molecule has 0 aromatic heterocycles. The molecular weight excluding hydrogens is 1420 g/mol. The number of benzene rings is 4. The van der Waals surface area contributed by atoms with Crippen molar-refractivity contribution in [3.8, 4) is 0 Å². The molecule has 0 unspecified atom stereocenters. The van der Waals surface area contributed by atoms with Crippen LogP contribution in [0.1, 0.15) is 77.1 Å². The van der Waals surface area contributed by atoms with E-state index in [4.69, 9.17) is 69.5 Å². The summed E-state index contributed by atoms with van der Waals surface area (Å²) in [7, 11) is 0. The Morgan fingerprint density at radius 2 is 0.868 bits per heavy atom. The van der Waals surface area contributed by atoms with Crippen molar-refractivity contribution in [3.63, 3.8) is 0 Å². The molecule has 7 aliphatic rings. The minimum Gasteiger partial charge on any atom is -1.00 e. The Morgan fingerprint density at radius 3 is 1.23 bits per heavy atom. The van der Waals surface area contributed by atoms with Crippen LogP contribution in [0.25, 0.3) is 0 Å². The number of carbonyl (C=O) groups excluding carboxylic acids is 5. The number of hydrogen-bond donors (Lipinski definition) is 5. The fourth-order valence-electron chi connectivity index (χ4n) is 10.1. The molecule has 4 amide bonds. The normalized spacial score (nSPS) is 20.1. The van der Waals surface area contributed by atoms with Crippen LogP contribution in [0.3, 0.4) is 0 Å². The number of nitrogens with zero attached hydrogens (tertiary/aromatic N) is 7.